The third-order valence-corrected chi connectivity index (χ3v) is 4.61. The lowest BCUT2D eigenvalue weighted by Crippen LogP contribution is -2.33. The molecule has 3 aromatic rings. The number of amides is 1. The average molecular weight is 377 g/mol. The van der Waals surface area contributed by atoms with E-state index in [1.807, 2.05) is 55.5 Å². The van der Waals surface area contributed by atoms with Gasteiger partial charge >= 0.3 is 0 Å². The molecule has 2 aromatic carbocycles. The van der Waals surface area contributed by atoms with Crippen LogP contribution in [0.2, 0.25) is 0 Å². The predicted molar refractivity (Wildman–Crippen MR) is 110 cm³/mol. The largest absolute Gasteiger partial charge is 0.497 e. The maximum atomic E-state index is 12.7. The number of rotatable bonds is 6. The first kappa shape index (κ1) is 19.4. The summed E-state index contributed by atoms with van der Waals surface area (Å²) in [6.45, 7) is 3.69. The van der Waals surface area contributed by atoms with E-state index in [9.17, 15) is 9.59 Å². The van der Waals surface area contributed by atoms with Gasteiger partial charge in [-0.05, 0) is 55.3 Å². The van der Waals surface area contributed by atoms with Crippen LogP contribution in [0.15, 0.2) is 65.5 Å². The number of hydrogen-bond donors (Lipinski definition) is 1. The van der Waals surface area contributed by atoms with E-state index in [2.05, 4.69) is 10.4 Å². The molecule has 0 saturated heterocycles. The highest BCUT2D eigenvalue weighted by atomic mass is 16.5. The van der Waals surface area contributed by atoms with Gasteiger partial charge in [-0.15, -0.1) is 0 Å². The van der Waals surface area contributed by atoms with Gasteiger partial charge in [-0.3, -0.25) is 9.59 Å². The number of para-hydroxylation sites is 1. The molecular formula is C22H23N3O3. The number of anilines is 1. The van der Waals surface area contributed by atoms with Gasteiger partial charge in [0, 0.05) is 17.3 Å². The molecule has 0 spiro atoms. The first-order valence-electron chi connectivity index (χ1n) is 9.16. The van der Waals surface area contributed by atoms with Crippen LogP contribution in [0.5, 0.6) is 5.75 Å². The highest BCUT2D eigenvalue weighted by molar-refractivity contribution is 5.94. The second kappa shape index (κ2) is 8.52. The van der Waals surface area contributed by atoms with E-state index < -0.39 is 6.04 Å². The Labute approximate surface area is 163 Å². The van der Waals surface area contributed by atoms with Gasteiger partial charge in [0.05, 0.1) is 12.8 Å². The lowest BCUT2D eigenvalue weighted by molar-refractivity contribution is -0.119. The summed E-state index contributed by atoms with van der Waals surface area (Å²) in [5, 5.41) is 7.31. The number of carbonyl (C=O) groups excluding carboxylic acids is 1. The summed E-state index contributed by atoms with van der Waals surface area (Å²) in [4.78, 5) is 25.1. The summed E-state index contributed by atoms with van der Waals surface area (Å²) < 4.78 is 6.38. The fourth-order valence-electron chi connectivity index (χ4n) is 2.92. The Balaban J connectivity index is 1.87. The Morgan fingerprint density at radius 3 is 2.50 bits per heavy atom. The maximum Gasteiger partial charge on any atom is 0.267 e. The zero-order valence-electron chi connectivity index (χ0n) is 16.2. The van der Waals surface area contributed by atoms with E-state index in [-0.39, 0.29) is 11.5 Å². The zero-order chi connectivity index (χ0) is 20.1. The number of methoxy groups -OCH3 is 1. The average Bonchev–Trinajstić information content (AvgIpc) is 2.74. The lowest BCUT2D eigenvalue weighted by Gasteiger charge is -2.16. The quantitative estimate of drug-likeness (QED) is 0.711. The highest BCUT2D eigenvalue weighted by Gasteiger charge is 2.19. The van der Waals surface area contributed by atoms with Crippen molar-refractivity contribution in [2.24, 2.45) is 0 Å². The summed E-state index contributed by atoms with van der Waals surface area (Å²) in [6, 6.07) is 17.3. The van der Waals surface area contributed by atoms with Crippen molar-refractivity contribution in [2.45, 2.75) is 26.3 Å². The highest BCUT2D eigenvalue weighted by Crippen LogP contribution is 2.21. The first-order chi connectivity index (χ1) is 13.5. The van der Waals surface area contributed by atoms with Gasteiger partial charge in [0.25, 0.3) is 5.56 Å². The topological polar surface area (TPSA) is 73.2 Å². The van der Waals surface area contributed by atoms with Crippen molar-refractivity contribution in [1.82, 2.24) is 9.78 Å². The van der Waals surface area contributed by atoms with Crippen LogP contribution in [0.4, 0.5) is 5.69 Å². The number of hydrogen-bond acceptors (Lipinski definition) is 4. The van der Waals surface area contributed by atoms with E-state index in [0.717, 1.165) is 29.0 Å². The molecule has 0 fully saturated rings. The van der Waals surface area contributed by atoms with Crippen molar-refractivity contribution in [3.63, 3.8) is 0 Å². The normalized spacial score (nSPS) is 11.7. The van der Waals surface area contributed by atoms with Gasteiger partial charge < -0.3 is 10.1 Å². The molecule has 1 N–H and O–H groups in total. The van der Waals surface area contributed by atoms with Gasteiger partial charge in [-0.2, -0.15) is 5.10 Å². The molecule has 0 aliphatic rings. The summed E-state index contributed by atoms with van der Waals surface area (Å²) in [7, 11) is 1.60. The molecule has 1 unspecified atom stereocenters. The first-order valence-corrected chi connectivity index (χ1v) is 9.16. The van der Waals surface area contributed by atoms with Crippen LogP contribution in [-0.2, 0) is 11.2 Å². The third kappa shape index (κ3) is 4.11. The smallest absolute Gasteiger partial charge is 0.267 e. The third-order valence-electron chi connectivity index (χ3n) is 4.61. The Bertz CT molecular complexity index is 1030. The predicted octanol–water partition coefficient (Wildman–Crippen LogP) is 3.68. The van der Waals surface area contributed by atoms with Crippen molar-refractivity contribution in [3.8, 4) is 17.0 Å². The Morgan fingerprint density at radius 2 is 1.82 bits per heavy atom. The maximum absolute atomic E-state index is 12.7. The second-order valence-electron chi connectivity index (χ2n) is 6.41. The number of carbonyl (C=O) groups is 1. The molecule has 3 rings (SSSR count). The van der Waals surface area contributed by atoms with Gasteiger partial charge in [0.15, 0.2) is 0 Å². The second-order valence-corrected chi connectivity index (χ2v) is 6.41. The zero-order valence-corrected chi connectivity index (χ0v) is 16.2. The van der Waals surface area contributed by atoms with Crippen LogP contribution < -0.4 is 15.6 Å². The minimum absolute atomic E-state index is 0.289. The molecule has 1 heterocycles. The van der Waals surface area contributed by atoms with E-state index >= 15 is 0 Å². The van der Waals surface area contributed by atoms with Crippen molar-refractivity contribution in [3.05, 3.63) is 76.6 Å². The fourth-order valence-corrected chi connectivity index (χ4v) is 2.92. The molecule has 0 aliphatic carbocycles. The van der Waals surface area contributed by atoms with Crippen LogP contribution in [0.1, 0.15) is 25.5 Å². The van der Waals surface area contributed by atoms with E-state index in [0.29, 0.717) is 5.69 Å². The Kier molecular flexibility index (Phi) is 5.89. The molecule has 144 valence electrons. The summed E-state index contributed by atoms with van der Waals surface area (Å²) in [6.07, 6.45) is 0.802. The van der Waals surface area contributed by atoms with Crippen LogP contribution in [0, 0.1) is 0 Å². The van der Waals surface area contributed by atoms with Crippen LogP contribution in [0.25, 0.3) is 11.3 Å². The van der Waals surface area contributed by atoms with Crippen LogP contribution in [0.3, 0.4) is 0 Å². The van der Waals surface area contributed by atoms with E-state index in [1.165, 1.54) is 10.7 Å². The molecule has 28 heavy (non-hydrogen) atoms. The molecule has 1 atom stereocenters. The van der Waals surface area contributed by atoms with Crippen molar-refractivity contribution < 1.29 is 9.53 Å². The molecular weight excluding hydrogens is 354 g/mol. The number of ether oxygens (including phenoxy) is 1. The molecule has 6 nitrogen and oxygen atoms in total. The minimum Gasteiger partial charge on any atom is -0.497 e. The van der Waals surface area contributed by atoms with Gasteiger partial charge in [-0.25, -0.2) is 4.68 Å². The van der Waals surface area contributed by atoms with Crippen LogP contribution >= 0.6 is 0 Å². The number of aryl methyl sites for hydroxylation is 1. The van der Waals surface area contributed by atoms with Crippen LogP contribution in [-0.4, -0.2) is 22.8 Å². The van der Waals surface area contributed by atoms with Crippen molar-refractivity contribution >= 4 is 11.6 Å². The summed E-state index contributed by atoms with van der Waals surface area (Å²) in [5.41, 5.74) is 2.90. The minimum atomic E-state index is -0.754. The molecule has 1 aromatic heterocycles. The molecule has 0 radical (unpaired) electrons. The van der Waals surface area contributed by atoms with E-state index in [4.69, 9.17) is 4.74 Å². The van der Waals surface area contributed by atoms with Gasteiger partial charge in [-0.1, -0.05) is 25.1 Å². The monoisotopic (exact) mass is 377 g/mol. The molecule has 6 heteroatoms. The van der Waals surface area contributed by atoms with Crippen molar-refractivity contribution in [2.75, 3.05) is 12.4 Å². The number of nitrogens with one attached hydrogen (secondary N) is 1. The molecule has 0 saturated carbocycles. The Hall–Kier alpha value is -3.41. The standard InChI is InChI=1S/C22H23N3O3/c1-4-16-7-5-6-8-19(16)23-22(27)15(2)25-21(26)14-13-20(24-25)17-9-11-18(28-3)12-10-17/h5-15H,4H2,1-3H3,(H,23,27). The number of aromatic nitrogens is 2. The van der Waals surface area contributed by atoms with Crippen molar-refractivity contribution in [1.29, 1.82) is 0 Å². The summed E-state index contributed by atoms with van der Waals surface area (Å²) >= 11 is 0. The molecule has 0 aliphatic heterocycles. The fraction of sp³-hybridized carbons (Fsp3) is 0.227. The number of benzene rings is 2. The SMILES string of the molecule is CCc1ccccc1NC(=O)C(C)n1nc(-c2ccc(OC)cc2)ccc1=O. The molecule has 1 amide bonds. The summed E-state index contributed by atoms with van der Waals surface area (Å²) in [5.74, 6) is 0.446. The Morgan fingerprint density at radius 1 is 1.11 bits per heavy atom. The lowest BCUT2D eigenvalue weighted by atomic mass is 10.1. The van der Waals surface area contributed by atoms with Gasteiger partial charge in [0.1, 0.15) is 11.8 Å². The molecule has 0 bridgehead atoms. The number of nitrogens with zero attached hydrogens (tertiary/aromatic N) is 2. The van der Waals surface area contributed by atoms with Gasteiger partial charge in [0.2, 0.25) is 5.91 Å². The van der Waals surface area contributed by atoms with E-state index in [1.54, 1.807) is 20.1 Å².